The van der Waals surface area contributed by atoms with E-state index in [2.05, 4.69) is 4.98 Å². The number of nitrogens with zero attached hydrogens (tertiary/aromatic N) is 4. The highest BCUT2D eigenvalue weighted by atomic mass is 32.2. The zero-order valence-corrected chi connectivity index (χ0v) is 19.5. The Morgan fingerprint density at radius 3 is 2.68 bits per heavy atom. The highest BCUT2D eigenvalue weighted by molar-refractivity contribution is 7.98. The second kappa shape index (κ2) is 7.91. The SMILES string of the molecule is Cc1sc2nc(SCc3cc(=O)n4c(C)cccc4n3)n(C3CCCC3)c(=O)c2c1C. The Bertz CT molecular complexity index is 1430. The topological polar surface area (TPSA) is 69.3 Å². The van der Waals surface area contributed by atoms with Crippen molar-refractivity contribution in [2.45, 2.75) is 63.4 Å². The fourth-order valence-electron chi connectivity index (χ4n) is 4.45. The molecule has 160 valence electrons. The molecule has 8 heteroatoms. The number of hydrogen-bond acceptors (Lipinski definition) is 6. The molecule has 1 fully saturated rings. The molecule has 6 nitrogen and oxygen atoms in total. The van der Waals surface area contributed by atoms with E-state index in [1.54, 1.807) is 21.8 Å². The lowest BCUT2D eigenvalue weighted by Crippen LogP contribution is -2.26. The minimum absolute atomic E-state index is 0.0726. The van der Waals surface area contributed by atoms with Crippen LogP contribution in [0.5, 0.6) is 0 Å². The van der Waals surface area contributed by atoms with Crippen LogP contribution in [0.2, 0.25) is 0 Å². The van der Waals surface area contributed by atoms with E-state index in [1.165, 1.54) is 11.8 Å². The van der Waals surface area contributed by atoms with Crippen LogP contribution in [0.4, 0.5) is 0 Å². The summed E-state index contributed by atoms with van der Waals surface area (Å²) in [6.07, 6.45) is 4.31. The van der Waals surface area contributed by atoms with Crippen LogP contribution in [0.15, 0.2) is 39.0 Å². The molecule has 0 aromatic carbocycles. The summed E-state index contributed by atoms with van der Waals surface area (Å²) in [5.74, 6) is 0.494. The average molecular weight is 453 g/mol. The van der Waals surface area contributed by atoms with Gasteiger partial charge in [0.25, 0.3) is 11.1 Å². The summed E-state index contributed by atoms with van der Waals surface area (Å²) in [6, 6.07) is 7.43. The van der Waals surface area contributed by atoms with Gasteiger partial charge in [0.1, 0.15) is 10.5 Å². The molecule has 0 N–H and O–H groups in total. The van der Waals surface area contributed by atoms with Gasteiger partial charge in [-0.25, -0.2) is 9.97 Å². The van der Waals surface area contributed by atoms with Gasteiger partial charge in [-0.1, -0.05) is 30.7 Å². The third-order valence-electron chi connectivity index (χ3n) is 6.17. The number of hydrogen-bond donors (Lipinski definition) is 0. The molecule has 4 heterocycles. The minimum Gasteiger partial charge on any atom is -0.284 e. The molecule has 5 rings (SSSR count). The molecular weight excluding hydrogens is 428 g/mol. The van der Waals surface area contributed by atoms with Crippen LogP contribution >= 0.6 is 23.1 Å². The van der Waals surface area contributed by atoms with E-state index in [0.717, 1.165) is 57.2 Å². The lowest BCUT2D eigenvalue weighted by Gasteiger charge is -2.18. The summed E-state index contributed by atoms with van der Waals surface area (Å²) < 4.78 is 3.53. The van der Waals surface area contributed by atoms with Crippen molar-refractivity contribution in [3.8, 4) is 0 Å². The van der Waals surface area contributed by atoms with Crippen LogP contribution in [-0.4, -0.2) is 18.9 Å². The van der Waals surface area contributed by atoms with Crippen molar-refractivity contribution in [3.05, 3.63) is 66.8 Å². The van der Waals surface area contributed by atoms with Crippen molar-refractivity contribution in [2.75, 3.05) is 0 Å². The quantitative estimate of drug-likeness (QED) is 0.329. The van der Waals surface area contributed by atoms with Crippen molar-refractivity contribution < 1.29 is 0 Å². The molecular formula is C23H24N4O2S2. The summed E-state index contributed by atoms with van der Waals surface area (Å²) in [5.41, 5.74) is 3.24. The third-order valence-corrected chi connectivity index (χ3v) is 8.26. The van der Waals surface area contributed by atoms with Crippen LogP contribution in [-0.2, 0) is 5.75 Å². The number of pyridine rings is 1. The van der Waals surface area contributed by atoms with E-state index < -0.39 is 0 Å². The second-order valence-corrected chi connectivity index (χ2v) is 10.4. The molecule has 0 bridgehead atoms. The van der Waals surface area contributed by atoms with Gasteiger partial charge >= 0.3 is 0 Å². The molecule has 1 saturated carbocycles. The third kappa shape index (κ3) is 3.51. The Balaban J connectivity index is 1.57. The van der Waals surface area contributed by atoms with Crippen LogP contribution in [0.3, 0.4) is 0 Å². The first-order valence-corrected chi connectivity index (χ1v) is 12.4. The van der Waals surface area contributed by atoms with Crippen molar-refractivity contribution >= 4 is 39.0 Å². The van der Waals surface area contributed by atoms with Crippen molar-refractivity contribution in [1.82, 2.24) is 18.9 Å². The molecule has 31 heavy (non-hydrogen) atoms. The molecule has 4 aromatic heterocycles. The number of aromatic nitrogens is 4. The van der Waals surface area contributed by atoms with Crippen molar-refractivity contribution in [1.29, 1.82) is 0 Å². The predicted molar refractivity (Wildman–Crippen MR) is 127 cm³/mol. The molecule has 0 unspecified atom stereocenters. The van der Waals surface area contributed by atoms with Gasteiger partial charge in [-0.3, -0.25) is 18.6 Å². The highest BCUT2D eigenvalue weighted by Crippen LogP contribution is 2.35. The maximum absolute atomic E-state index is 13.5. The Morgan fingerprint density at radius 2 is 1.90 bits per heavy atom. The molecule has 0 amide bonds. The van der Waals surface area contributed by atoms with Gasteiger partial charge in [-0.2, -0.15) is 0 Å². The normalized spacial score (nSPS) is 14.8. The fourth-order valence-corrected chi connectivity index (χ4v) is 6.48. The molecule has 0 atom stereocenters. The van der Waals surface area contributed by atoms with E-state index in [4.69, 9.17) is 4.98 Å². The van der Waals surface area contributed by atoms with Crippen LogP contribution in [0.25, 0.3) is 15.9 Å². The molecule has 0 aliphatic heterocycles. The Labute approximate surface area is 188 Å². The maximum atomic E-state index is 13.5. The lowest BCUT2D eigenvalue weighted by atomic mass is 10.2. The standard InChI is InChI=1S/C23H24N4O2S2/c1-13-7-6-10-18-24-16(11-19(28)26(13)18)12-30-23-25-21-20(14(2)15(3)31-21)22(29)27(23)17-8-4-5-9-17/h6-7,10-11,17H,4-5,8-9,12H2,1-3H3. The number of thiophene rings is 1. The summed E-state index contributed by atoms with van der Waals surface area (Å²) in [4.78, 5) is 37.6. The minimum atomic E-state index is -0.0835. The summed E-state index contributed by atoms with van der Waals surface area (Å²) >= 11 is 3.08. The average Bonchev–Trinajstić information content (AvgIpc) is 3.35. The number of thioether (sulfide) groups is 1. The van der Waals surface area contributed by atoms with E-state index in [1.807, 2.05) is 43.5 Å². The lowest BCUT2D eigenvalue weighted by molar-refractivity contribution is 0.458. The predicted octanol–water partition coefficient (Wildman–Crippen LogP) is 4.80. The first kappa shape index (κ1) is 20.5. The smallest absolute Gasteiger partial charge is 0.263 e. The van der Waals surface area contributed by atoms with Crippen LogP contribution in [0.1, 0.15) is 53.6 Å². The molecule has 0 saturated heterocycles. The molecule has 0 spiro atoms. The Hall–Kier alpha value is -2.45. The molecule has 0 radical (unpaired) electrons. The number of fused-ring (bicyclic) bond motifs is 2. The van der Waals surface area contributed by atoms with Crippen LogP contribution in [0, 0.1) is 20.8 Å². The number of rotatable bonds is 4. The van der Waals surface area contributed by atoms with Crippen LogP contribution < -0.4 is 11.1 Å². The second-order valence-electron chi connectivity index (χ2n) is 8.21. The van der Waals surface area contributed by atoms with Gasteiger partial charge in [0, 0.05) is 28.4 Å². The van der Waals surface area contributed by atoms with Gasteiger partial charge in [0.05, 0.1) is 11.1 Å². The Morgan fingerprint density at radius 1 is 1.13 bits per heavy atom. The summed E-state index contributed by atoms with van der Waals surface area (Å²) in [5, 5.41) is 1.49. The highest BCUT2D eigenvalue weighted by Gasteiger charge is 2.25. The van der Waals surface area contributed by atoms with Crippen molar-refractivity contribution in [3.63, 3.8) is 0 Å². The maximum Gasteiger partial charge on any atom is 0.263 e. The molecule has 1 aliphatic rings. The first-order valence-electron chi connectivity index (χ1n) is 10.6. The monoisotopic (exact) mass is 452 g/mol. The van der Waals surface area contributed by atoms with Gasteiger partial charge in [0.15, 0.2) is 5.16 Å². The summed E-state index contributed by atoms with van der Waals surface area (Å²) in [7, 11) is 0. The van der Waals surface area contributed by atoms with Gasteiger partial charge in [0.2, 0.25) is 0 Å². The van der Waals surface area contributed by atoms with Gasteiger partial charge < -0.3 is 0 Å². The largest absolute Gasteiger partial charge is 0.284 e. The fraction of sp³-hybridized carbons (Fsp3) is 0.391. The zero-order valence-electron chi connectivity index (χ0n) is 17.8. The first-order chi connectivity index (χ1) is 14.9. The van der Waals surface area contributed by atoms with E-state index >= 15 is 0 Å². The summed E-state index contributed by atoms with van der Waals surface area (Å²) in [6.45, 7) is 5.95. The Kier molecular flexibility index (Phi) is 5.22. The van der Waals surface area contributed by atoms with E-state index in [-0.39, 0.29) is 17.2 Å². The number of aryl methyl sites for hydroxylation is 3. The van der Waals surface area contributed by atoms with E-state index in [0.29, 0.717) is 17.1 Å². The molecule has 4 aromatic rings. The van der Waals surface area contributed by atoms with Gasteiger partial charge in [-0.05, 0) is 51.3 Å². The van der Waals surface area contributed by atoms with Gasteiger partial charge in [-0.15, -0.1) is 11.3 Å². The van der Waals surface area contributed by atoms with Crippen molar-refractivity contribution in [2.24, 2.45) is 0 Å². The molecule has 1 aliphatic carbocycles. The zero-order chi connectivity index (χ0) is 21.7. The van der Waals surface area contributed by atoms with E-state index in [9.17, 15) is 9.59 Å².